The van der Waals surface area contributed by atoms with E-state index in [1.165, 1.54) is 0 Å². The Labute approximate surface area is 88.4 Å². The first-order chi connectivity index (χ1) is 6.79. The van der Waals surface area contributed by atoms with Gasteiger partial charge in [0.25, 0.3) is 0 Å². The maximum Gasteiger partial charge on any atom is 0.223 e. The molecular weight excluding hydrogens is 250 g/mol. The standard InChI is InChI=1S/C7H8BrN5O/c1-5-10-7(11-14-5)4-13-6(2-8)3-9-12-13/h3H,2,4H2,1H3. The number of aryl methyl sites for hydroxylation is 1. The maximum atomic E-state index is 4.85. The van der Waals surface area contributed by atoms with Gasteiger partial charge in [0.05, 0.1) is 11.9 Å². The largest absolute Gasteiger partial charge is 0.340 e. The number of hydrogen-bond acceptors (Lipinski definition) is 5. The molecule has 0 aliphatic heterocycles. The summed E-state index contributed by atoms with van der Waals surface area (Å²) in [5, 5.41) is 12.2. The SMILES string of the molecule is Cc1nc(Cn2nncc2CBr)no1. The second-order valence-corrected chi connectivity index (χ2v) is 3.31. The Morgan fingerprint density at radius 2 is 2.43 bits per heavy atom. The fourth-order valence-electron chi connectivity index (χ4n) is 1.06. The molecule has 0 aromatic carbocycles. The van der Waals surface area contributed by atoms with Crippen molar-refractivity contribution in [2.24, 2.45) is 0 Å². The Kier molecular flexibility index (Phi) is 2.58. The van der Waals surface area contributed by atoms with E-state index in [2.05, 4.69) is 36.4 Å². The van der Waals surface area contributed by atoms with Crippen molar-refractivity contribution in [1.82, 2.24) is 25.1 Å². The van der Waals surface area contributed by atoms with Crippen LogP contribution in [-0.4, -0.2) is 25.1 Å². The first-order valence-corrected chi connectivity index (χ1v) is 5.14. The van der Waals surface area contributed by atoms with Crippen LogP contribution in [0.25, 0.3) is 0 Å². The highest BCUT2D eigenvalue weighted by Gasteiger charge is 2.07. The van der Waals surface area contributed by atoms with Gasteiger partial charge in [-0.15, -0.1) is 5.10 Å². The van der Waals surface area contributed by atoms with Gasteiger partial charge in [-0.2, -0.15) is 4.98 Å². The summed E-state index contributed by atoms with van der Waals surface area (Å²) in [7, 11) is 0. The van der Waals surface area contributed by atoms with Gasteiger partial charge in [-0.25, -0.2) is 4.68 Å². The number of aromatic nitrogens is 5. The van der Waals surface area contributed by atoms with Crippen molar-refractivity contribution in [3.05, 3.63) is 23.6 Å². The summed E-state index contributed by atoms with van der Waals surface area (Å²) >= 11 is 3.34. The predicted octanol–water partition coefficient (Wildman–Crippen LogP) is 0.913. The van der Waals surface area contributed by atoms with E-state index in [9.17, 15) is 0 Å². The van der Waals surface area contributed by atoms with Gasteiger partial charge in [0.2, 0.25) is 5.89 Å². The van der Waals surface area contributed by atoms with Crippen molar-refractivity contribution >= 4 is 15.9 Å². The van der Waals surface area contributed by atoms with Crippen molar-refractivity contribution in [2.45, 2.75) is 18.8 Å². The molecule has 0 saturated heterocycles. The Bertz CT molecular complexity index is 423. The molecule has 0 aliphatic rings. The lowest BCUT2D eigenvalue weighted by molar-refractivity contribution is 0.384. The number of alkyl halides is 1. The molecule has 0 unspecified atom stereocenters. The third-order valence-corrected chi connectivity index (χ3v) is 2.27. The van der Waals surface area contributed by atoms with Gasteiger partial charge >= 0.3 is 0 Å². The van der Waals surface area contributed by atoms with Crippen LogP contribution >= 0.6 is 15.9 Å². The Morgan fingerprint density at radius 1 is 1.57 bits per heavy atom. The van der Waals surface area contributed by atoms with Crippen molar-refractivity contribution < 1.29 is 4.52 Å². The average Bonchev–Trinajstić information content (AvgIpc) is 2.76. The summed E-state index contributed by atoms with van der Waals surface area (Å²) < 4.78 is 6.57. The molecule has 7 heteroatoms. The minimum absolute atomic E-state index is 0.484. The Morgan fingerprint density at radius 3 is 3.07 bits per heavy atom. The molecule has 0 saturated carbocycles. The monoisotopic (exact) mass is 257 g/mol. The summed E-state index contributed by atoms with van der Waals surface area (Å²) in [5.74, 6) is 1.16. The first-order valence-electron chi connectivity index (χ1n) is 4.02. The van der Waals surface area contributed by atoms with Crippen molar-refractivity contribution in [3.63, 3.8) is 0 Å². The summed E-state index contributed by atoms with van der Waals surface area (Å²) in [4.78, 5) is 4.08. The van der Waals surface area contributed by atoms with Crippen molar-refractivity contribution in [3.8, 4) is 0 Å². The topological polar surface area (TPSA) is 69.6 Å². The lowest BCUT2D eigenvalue weighted by Crippen LogP contribution is -2.06. The number of hydrogen-bond donors (Lipinski definition) is 0. The number of rotatable bonds is 3. The molecular formula is C7H8BrN5O. The van der Waals surface area contributed by atoms with Crippen LogP contribution in [0.2, 0.25) is 0 Å². The molecule has 74 valence electrons. The molecule has 0 spiro atoms. The average molecular weight is 258 g/mol. The Balaban J connectivity index is 2.18. The number of halogens is 1. The fraction of sp³-hybridized carbons (Fsp3) is 0.429. The molecule has 0 radical (unpaired) electrons. The van der Waals surface area contributed by atoms with Crippen LogP contribution in [0, 0.1) is 6.92 Å². The summed E-state index contributed by atoms with van der Waals surface area (Å²) in [6, 6.07) is 0. The second kappa shape index (κ2) is 3.87. The van der Waals surface area contributed by atoms with E-state index in [-0.39, 0.29) is 0 Å². The summed E-state index contributed by atoms with van der Waals surface area (Å²) in [6.07, 6.45) is 1.70. The quantitative estimate of drug-likeness (QED) is 0.765. The highest BCUT2D eigenvalue weighted by molar-refractivity contribution is 9.08. The summed E-state index contributed by atoms with van der Waals surface area (Å²) in [5.41, 5.74) is 0.979. The maximum absolute atomic E-state index is 4.85. The molecule has 2 aromatic heterocycles. The normalized spacial score (nSPS) is 10.7. The smallest absolute Gasteiger partial charge is 0.223 e. The van der Waals surface area contributed by atoms with E-state index in [1.807, 2.05) is 0 Å². The van der Waals surface area contributed by atoms with E-state index < -0.39 is 0 Å². The minimum atomic E-state index is 0.484. The van der Waals surface area contributed by atoms with Gasteiger partial charge in [-0.05, 0) is 0 Å². The Hall–Kier alpha value is -1.24. The van der Waals surface area contributed by atoms with E-state index in [4.69, 9.17) is 4.52 Å². The zero-order valence-corrected chi connectivity index (χ0v) is 9.10. The van der Waals surface area contributed by atoms with Crippen LogP contribution < -0.4 is 0 Å². The summed E-state index contributed by atoms with van der Waals surface area (Å²) in [6.45, 7) is 2.24. The molecule has 14 heavy (non-hydrogen) atoms. The molecule has 0 amide bonds. The van der Waals surface area contributed by atoms with Crippen LogP contribution in [0.15, 0.2) is 10.7 Å². The fourth-order valence-corrected chi connectivity index (χ4v) is 1.49. The molecule has 6 nitrogen and oxygen atoms in total. The van der Waals surface area contributed by atoms with E-state index in [1.54, 1.807) is 17.8 Å². The van der Waals surface area contributed by atoms with Gasteiger partial charge in [-0.3, -0.25) is 0 Å². The highest BCUT2D eigenvalue weighted by atomic mass is 79.9. The third-order valence-electron chi connectivity index (χ3n) is 1.70. The lowest BCUT2D eigenvalue weighted by atomic mass is 10.5. The van der Waals surface area contributed by atoms with Crippen LogP contribution in [0.4, 0.5) is 0 Å². The van der Waals surface area contributed by atoms with E-state index in [0.29, 0.717) is 23.6 Å². The van der Waals surface area contributed by atoms with Crippen molar-refractivity contribution in [2.75, 3.05) is 0 Å². The molecule has 0 fully saturated rings. The second-order valence-electron chi connectivity index (χ2n) is 2.75. The molecule has 0 N–H and O–H groups in total. The molecule has 2 heterocycles. The first kappa shape index (κ1) is 9.32. The van der Waals surface area contributed by atoms with Gasteiger partial charge < -0.3 is 4.52 Å². The van der Waals surface area contributed by atoms with E-state index in [0.717, 1.165) is 5.69 Å². The highest BCUT2D eigenvalue weighted by Crippen LogP contribution is 2.05. The lowest BCUT2D eigenvalue weighted by Gasteiger charge is -1.98. The van der Waals surface area contributed by atoms with Gasteiger partial charge in [0.1, 0.15) is 6.54 Å². The minimum Gasteiger partial charge on any atom is -0.340 e. The zero-order valence-electron chi connectivity index (χ0n) is 7.51. The third kappa shape index (κ3) is 1.82. The molecule has 0 atom stereocenters. The predicted molar refractivity (Wildman–Crippen MR) is 50.8 cm³/mol. The van der Waals surface area contributed by atoms with Crippen LogP contribution in [0.3, 0.4) is 0 Å². The molecule has 0 aliphatic carbocycles. The van der Waals surface area contributed by atoms with Gasteiger partial charge in [0.15, 0.2) is 5.82 Å². The molecule has 2 rings (SSSR count). The molecule has 0 bridgehead atoms. The molecule has 2 aromatic rings. The van der Waals surface area contributed by atoms with Crippen LogP contribution in [-0.2, 0) is 11.9 Å². The number of nitrogens with zero attached hydrogens (tertiary/aromatic N) is 5. The van der Waals surface area contributed by atoms with Gasteiger partial charge in [0, 0.05) is 12.3 Å². The van der Waals surface area contributed by atoms with Crippen molar-refractivity contribution in [1.29, 1.82) is 0 Å². The van der Waals surface area contributed by atoms with Crippen LogP contribution in [0.1, 0.15) is 17.4 Å². The van der Waals surface area contributed by atoms with Gasteiger partial charge in [-0.1, -0.05) is 26.3 Å². The zero-order chi connectivity index (χ0) is 9.97. The van der Waals surface area contributed by atoms with Crippen LogP contribution in [0.5, 0.6) is 0 Å². The van der Waals surface area contributed by atoms with E-state index >= 15 is 0 Å².